The molecule has 2 unspecified atom stereocenters. The highest BCUT2D eigenvalue weighted by atomic mass is 19.1. The van der Waals surface area contributed by atoms with E-state index in [0.717, 1.165) is 6.42 Å². The zero-order chi connectivity index (χ0) is 17.8. The highest BCUT2D eigenvalue weighted by Crippen LogP contribution is 2.13. The second-order valence-corrected chi connectivity index (χ2v) is 6.72. The molecule has 3 rings (SSSR count). The van der Waals surface area contributed by atoms with Crippen LogP contribution in [0.2, 0.25) is 0 Å². The van der Waals surface area contributed by atoms with Crippen molar-refractivity contribution < 1.29 is 19.1 Å². The van der Waals surface area contributed by atoms with Crippen molar-refractivity contribution in [3.63, 3.8) is 0 Å². The summed E-state index contributed by atoms with van der Waals surface area (Å²) in [6, 6.07) is 5.75. The van der Waals surface area contributed by atoms with Gasteiger partial charge in [0.05, 0.1) is 18.6 Å². The van der Waals surface area contributed by atoms with E-state index < -0.39 is 6.10 Å². The Labute approximate surface area is 146 Å². The fourth-order valence-electron chi connectivity index (χ4n) is 3.45. The Morgan fingerprint density at radius 3 is 2.68 bits per heavy atom. The Morgan fingerprint density at radius 2 is 1.96 bits per heavy atom. The number of halogens is 1. The predicted molar refractivity (Wildman–Crippen MR) is 90.3 cm³/mol. The molecule has 0 radical (unpaired) electrons. The van der Waals surface area contributed by atoms with Gasteiger partial charge in [0.15, 0.2) is 0 Å². The lowest BCUT2D eigenvalue weighted by molar-refractivity contribution is -0.134. The van der Waals surface area contributed by atoms with Gasteiger partial charge in [-0.25, -0.2) is 4.39 Å². The molecule has 25 heavy (non-hydrogen) atoms. The molecular formula is C18H24FN3O3. The maximum atomic E-state index is 13.2. The predicted octanol–water partition coefficient (Wildman–Crippen LogP) is 0.152. The molecule has 2 saturated heterocycles. The third kappa shape index (κ3) is 4.55. The number of carbonyl (C=O) groups excluding carboxylic acids is 2. The number of carbonyl (C=O) groups is 2. The molecule has 0 aromatic heterocycles. The van der Waals surface area contributed by atoms with Crippen LogP contribution in [0.1, 0.15) is 18.4 Å². The van der Waals surface area contributed by atoms with E-state index >= 15 is 0 Å². The lowest BCUT2D eigenvalue weighted by atomic mass is 10.1. The highest BCUT2D eigenvalue weighted by Gasteiger charge is 2.32. The lowest BCUT2D eigenvalue weighted by Crippen LogP contribution is -2.45. The van der Waals surface area contributed by atoms with Crippen molar-refractivity contribution in [2.24, 2.45) is 0 Å². The number of hydrogen-bond acceptors (Lipinski definition) is 4. The molecule has 2 fully saturated rings. The van der Waals surface area contributed by atoms with Gasteiger partial charge in [0.25, 0.3) is 0 Å². The van der Waals surface area contributed by atoms with Crippen molar-refractivity contribution in [1.29, 1.82) is 0 Å². The van der Waals surface area contributed by atoms with Crippen molar-refractivity contribution in [2.75, 3.05) is 32.7 Å². The number of aliphatic hydroxyl groups excluding tert-OH is 1. The van der Waals surface area contributed by atoms with E-state index in [9.17, 15) is 19.1 Å². The van der Waals surface area contributed by atoms with Gasteiger partial charge in [0, 0.05) is 32.7 Å². The first-order chi connectivity index (χ1) is 12.0. The topological polar surface area (TPSA) is 72.9 Å². The number of β-amino-alcohol motifs (C(OH)–C–C–N with tert-alkyl or cyclic N) is 1. The summed E-state index contributed by atoms with van der Waals surface area (Å²) in [5.74, 6) is -0.394. The molecule has 1 aromatic rings. The minimum Gasteiger partial charge on any atom is -0.392 e. The molecule has 2 heterocycles. The molecule has 2 N–H and O–H groups in total. The van der Waals surface area contributed by atoms with Crippen LogP contribution in [0.4, 0.5) is 4.39 Å². The molecule has 136 valence electrons. The largest absolute Gasteiger partial charge is 0.392 e. The zero-order valence-corrected chi connectivity index (χ0v) is 14.2. The molecule has 0 saturated carbocycles. The summed E-state index contributed by atoms with van der Waals surface area (Å²) in [7, 11) is 0. The van der Waals surface area contributed by atoms with Crippen molar-refractivity contribution in [3.05, 3.63) is 35.6 Å². The van der Waals surface area contributed by atoms with Crippen LogP contribution in [0.3, 0.4) is 0 Å². The van der Waals surface area contributed by atoms with Crippen LogP contribution in [0, 0.1) is 5.82 Å². The van der Waals surface area contributed by atoms with E-state index in [4.69, 9.17) is 0 Å². The second-order valence-electron chi connectivity index (χ2n) is 6.72. The van der Waals surface area contributed by atoms with Gasteiger partial charge in [-0.1, -0.05) is 12.1 Å². The van der Waals surface area contributed by atoms with Gasteiger partial charge >= 0.3 is 0 Å². The number of amides is 2. The Balaban J connectivity index is 1.54. The summed E-state index contributed by atoms with van der Waals surface area (Å²) in [6.07, 6.45) is 0.862. The second kappa shape index (κ2) is 7.93. The van der Waals surface area contributed by atoms with Crippen LogP contribution >= 0.6 is 0 Å². The van der Waals surface area contributed by atoms with E-state index in [1.165, 1.54) is 12.1 Å². The normalized spacial score (nSPS) is 24.2. The number of nitrogens with zero attached hydrogens (tertiary/aromatic N) is 2. The van der Waals surface area contributed by atoms with Gasteiger partial charge in [-0.3, -0.25) is 9.59 Å². The average Bonchev–Trinajstić information content (AvgIpc) is 2.87. The van der Waals surface area contributed by atoms with Gasteiger partial charge < -0.3 is 20.2 Å². The fraction of sp³-hybridized carbons (Fsp3) is 0.556. The molecule has 2 aliphatic heterocycles. The van der Waals surface area contributed by atoms with Crippen LogP contribution in [0.15, 0.2) is 24.3 Å². The number of rotatable bonds is 3. The standard InChI is InChI=1S/C18H24FN3O3/c19-14-4-1-3-13(9-14)10-17(24)21-5-2-6-22(8-7-21)18(25)16-11-15(23)12-20-16/h1,3-4,9,15-16,20,23H,2,5-8,10-12H2. The van der Waals surface area contributed by atoms with E-state index in [-0.39, 0.29) is 30.1 Å². The first kappa shape index (κ1) is 17.8. The van der Waals surface area contributed by atoms with Crippen LogP contribution in [-0.2, 0) is 16.0 Å². The van der Waals surface area contributed by atoms with Gasteiger partial charge in [-0.15, -0.1) is 0 Å². The molecule has 6 nitrogen and oxygen atoms in total. The van der Waals surface area contributed by atoms with E-state index in [2.05, 4.69) is 5.32 Å². The third-order valence-corrected chi connectivity index (χ3v) is 4.81. The number of hydrogen-bond donors (Lipinski definition) is 2. The van der Waals surface area contributed by atoms with Gasteiger partial charge in [-0.2, -0.15) is 0 Å². The van der Waals surface area contributed by atoms with E-state index in [1.807, 2.05) is 0 Å². The maximum Gasteiger partial charge on any atom is 0.239 e. The van der Waals surface area contributed by atoms with Gasteiger partial charge in [0.2, 0.25) is 11.8 Å². The van der Waals surface area contributed by atoms with Gasteiger partial charge in [-0.05, 0) is 30.5 Å². The molecule has 2 atom stereocenters. The monoisotopic (exact) mass is 349 g/mol. The van der Waals surface area contributed by atoms with Crippen molar-refractivity contribution in [1.82, 2.24) is 15.1 Å². The maximum absolute atomic E-state index is 13.2. The number of nitrogens with one attached hydrogen (secondary N) is 1. The summed E-state index contributed by atoms with van der Waals surface area (Å²) in [4.78, 5) is 28.5. The van der Waals surface area contributed by atoms with Crippen LogP contribution in [-0.4, -0.2) is 71.6 Å². The number of aliphatic hydroxyl groups is 1. The quantitative estimate of drug-likeness (QED) is 0.815. The first-order valence-corrected chi connectivity index (χ1v) is 8.75. The van der Waals surface area contributed by atoms with Crippen molar-refractivity contribution >= 4 is 11.8 Å². The summed E-state index contributed by atoms with van der Waals surface area (Å²) in [5, 5.41) is 12.6. The molecule has 2 aliphatic rings. The smallest absolute Gasteiger partial charge is 0.239 e. The molecular weight excluding hydrogens is 325 g/mol. The summed E-state index contributed by atoms with van der Waals surface area (Å²) in [6.45, 7) is 2.62. The van der Waals surface area contributed by atoms with Gasteiger partial charge in [0.1, 0.15) is 5.82 Å². The molecule has 0 aliphatic carbocycles. The summed E-state index contributed by atoms with van der Waals surface area (Å²) < 4.78 is 13.2. The lowest BCUT2D eigenvalue weighted by Gasteiger charge is -2.24. The average molecular weight is 349 g/mol. The Bertz CT molecular complexity index is 640. The van der Waals surface area contributed by atoms with Crippen LogP contribution in [0.25, 0.3) is 0 Å². The fourth-order valence-corrected chi connectivity index (χ4v) is 3.45. The Hall–Kier alpha value is -1.99. The van der Waals surface area contributed by atoms with Crippen molar-refractivity contribution in [3.8, 4) is 0 Å². The number of benzene rings is 1. The van der Waals surface area contributed by atoms with Crippen LogP contribution < -0.4 is 5.32 Å². The summed E-state index contributed by atoms with van der Waals surface area (Å²) >= 11 is 0. The zero-order valence-electron chi connectivity index (χ0n) is 14.2. The summed E-state index contributed by atoms with van der Waals surface area (Å²) in [5.41, 5.74) is 0.659. The molecule has 0 bridgehead atoms. The minimum atomic E-state index is -0.467. The molecule has 2 amide bonds. The molecule has 0 spiro atoms. The molecule has 1 aromatic carbocycles. The van der Waals surface area contributed by atoms with E-state index in [1.54, 1.807) is 21.9 Å². The SMILES string of the molecule is O=C(Cc1cccc(F)c1)N1CCCN(C(=O)C2CC(O)CN2)CC1. The first-order valence-electron chi connectivity index (χ1n) is 8.75. The minimum absolute atomic E-state index is 0.00372. The third-order valence-electron chi connectivity index (χ3n) is 4.81. The van der Waals surface area contributed by atoms with E-state index in [0.29, 0.717) is 44.7 Å². The highest BCUT2D eigenvalue weighted by molar-refractivity contribution is 5.83. The Kier molecular flexibility index (Phi) is 5.65. The van der Waals surface area contributed by atoms with Crippen molar-refractivity contribution in [2.45, 2.75) is 31.4 Å². The van der Waals surface area contributed by atoms with Crippen LogP contribution in [0.5, 0.6) is 0 Å². The molecule has 7 heteroatoms. The Morgan fingerprint density at radius 1 is 1.20 bits per heavy atom.